The quantitative estimate of drug-likeness (QED) is 0.649. The zero-order valence-corrected chi connectivity index (χ0v) is 11.9. The van der Waals surface area contributed by atoms with Gasteiger partial charge in [0.05, 0.1) is 15.5 Å². The number of halogens is 1. The van der Waals surface area contributed by atoms with Crippen LogP contribution in [0, 0.1) is 10.1 Å². The Bertz CT molecular complexity index is 535. The number of carboxylic acid groups (broad SMARTS) is 1. The van der Waals surface area contributed by atoms with Crippen LogP contribution in [-0.2, 0) is 9.53 Å². The molecule has 0 amide bonds. The number of nitro groups is 1. The van der Waals surface area contributed by atoms with Gasteiger partial charge in [0.2, 0.25) is 5.75 Å². The molecule has 0 aliphatic carbocycles. The Labute approximate surface area is 122 Å². The molecule has 1 aromatic rings. The Morgan fingerprint density at radius 2 is 2.30 bits per heavy atom. The predicted octanol–water partition coefficient (Wildman–Crippen LogP) is 2.37. The van der Waals surface area contributed by atoms with Crippen molar-refractivity contribution < 1.29 is 24.3 Å². The van der Waals surface area contributed by atoms with Crippen LogP contribution in [0.3, 0.4) is 0 Å². The van der Waals surface area contributed by atoms with Gasteiger partial charge in [-0.2, -0.15) is 0 Å². The van der Waals surface area contributed by atoms with Crippen molar-refractivity contribution in [2.45, 2.75) is 25.0 Å². The second-order valence-corrected chi connectivity index (χ2v) is 5.17. The average Bonchev–Trinajstić information content (AvgIpc) is 2.86. The maximum atomic E-state index is 10.9. The summed E-state index contributed by atoms with van der Waals surface area (Å²) in [6.45, 7) is 0.0766. The van der Waals surface area contributed by atoms with Gasteiger partial charge < -0.3 is 14.6 Å². The van der Waals surface area contributed by atoms with E-state index >= 15 is 0 Å². The van der Waals surface area contributed by atoms with Crippen molar-refractivity contribution in [3.63, 3.8) is 0 Å². The molecule has 1 aromatic carbocycles. The van der Waals surface area contributed by atoms with Gasteiger partial charge in [-0.1, -0.05) is 6.07 Å². The molecular weight excluding hydrogens is 334 g/mol. The molecule has 0 radical (unpaired) electrons. The lowest BCUT2D eigenvalue weighted by Crippen LogP contribution is -2.23. The van der Waals surface area contributed by atoms with Crippen LogP contribution in [0.4, 0.5) is 5.69 Å². The maximum Gasteiger partial charge on any atom is 0.332 e. The summed E-state index contributed by atoms with van der Waals surface area (Å²) in [6, 6.07) is 4.52. The predicted molar refractivity (Wildman–Crippen MR) is 71.8 cm³/mol. The number of para-hydroxylation sites is 1. The molecule has 0 spiro atoms. The van der Waals surface area contributed by atoms with Crippen LogP contribution < -0.4 is 4.74 Å². The van der Waals surface area contributed by atoms with Crippen molar-refractivity contribution in [2.24, 2.45) is 0 Å². The maximum absolute atomic E-state index is 10.9. The van der Waals surface area contributed by atoms with E-state index in [2.05, 4.69) is 15.9 Å². The largest absolute Gasteiger partial charge is 0.483 e. The molecule has 1 saturated heterocycles. The fourth-order valence-corrected chi connectivity index (χ4v) is 2.44. The zero-order chi connectivity index (χ0) is 14.7. The first-order valence-corrected chi connectivity index (χ1v) is 6.72. The standard InChI is InChI=1S/C12H12BrNO6/c13-8-2-1-3-9(14(17)18)11(8)19-6-7-4-5-10(20-7)12(15)16/h1-3,7,10H,4-6H2,(H,15,16). The van der Waals surface area contributed by atoms with Crippen molar-refractivity contribution in [3.05, 3.63) is 32.8 Å². The van der Waals surface area contributed by atoms with Gasteiger partial charge in [-0.25, -0.2) is 4.79 Å². The lowest BCUT2D eigenvalue weighted by Gasteiger charge is -2.13. The van der Waals surface area contributed by atoms with Gasteiger partial charge in [-0.3, -0.25) is 10.1 Å². The molecule has 0 saturated carbocycles. The van der Waals surface area contributed by atoms with E-state index in [0.29, 0.717) is 17.3 Å². The number of ether oxygens (including phenoxy) is 2. The second-order valence-electron chi connectivity index (χ2n) is 4.32. The highest BCUT2D eigenvalue weighted by Gasteiger charge is 2.31. The third kappa shape index (κ3) is 3.26. The lowest BCUT2D eigenvalue weighted by atomic mass is 10.2. The first-order valence-electron chi connectivity index (χ1n) is 5.93. The highest BCUT2D eigenvalue weighted by molar-refractivity contribution is 9.10. The van der Waals surface area contributed by atoms with Crippen molar-refractivity contribution in [2.75, 3.05) is 6.61 Å². The minimum absolute atomic E-state index is 0.0766. The highest BCUT2D eigenvalue weighted by Crippen LogP contribution is 2.35. The SMILES string of the molecule is O=C(O)C1CCC(COc2c(Br)cccc2[N+](=O)[O-])O1. The fourth-order valence-electron chi connectivity index (χ4n) is 1.97. The first kappa shape index (κ1) is 14.7. The molecule has 1 heterocycles. The molecule has 108 valence electrons. The number of hydrogen-bond acceptors (Lipinski definition) is 5. The van der Waals surface area contributed by atoms with E-state index in [1.807, 2.05) is 0 Å². The molecule has 1 aliphatic rings. The molecule has 2 rings (SSSR count). The van der Waals surface area contributed by atoms with Crippen molar-refractivity contribution >= 4 is 27.6 Å². The number of carbonyl (C=O) groups is 1. The van der Waals surface area contributed by atoms with Gasteiger partial charge in [-0.05, 0) is 34.8 Å². The summed E-state index contributed by atoms with van der Waals surface area (Å²) in [5, 5.41) is 19.7. The number of rotatable bonds is 5. The van der Waals surface area contributed by atoms with Gasteiger partial charge in [0, 0.05) is 6.07 Å². The van der Waals surface area contributed by atoms with Gasteiger partial charge >= 0.3 is 11.7 Å². The Kier molecular flexibility index (Phi) is 4.56. The molecular formula is C12H12BrNO6. The van der Waals surface area contributed by atoms with E-state index in [1.54, 1.807) is 12.1 Å². The smallest absolute Gasteiger partial charge is 0.332 e. The second kappa shape index (κ2) is 6.19. The van der Waals surface area contributed by atoms with E-state index in [0.717, 1.165) is 0 Å². The topological polar surface area (TPSA) is 98.9 Å². The van der Waals surface area contributed by atoms with Crippen LogP contribution in [0.1, 0.15) is 12.8 Å². The Morgan fingerprint density at radius 3 is 2.90 bits per heavy atom. The van der Waals surface area contributed by atoms with Crippen LogP contribution >= 0.6 is 15.9 Å². The Hall–Kier alpha value is -1.67. The third-order valence-corrected chi connectivity index (χ3v) is 3.56. The summed E-state index contributed by atoms with van der Waals surface area (Å²) in [6.07, 6.45) is -0.225. The monoisotopic (exact) mass is 345 g/mol. The molecule has 2 unspecified atom stereocenters. The van der Waals surface area contributed by atoms with Crippen LogP contribution in [0.2, 0.25) is 0 Å². The van der Waals surface area contributed by atoms with Gasteiger partial charge in [0.15, 0.2) is 6.10 Å². The minimum Gasteiger partial charge on any atom is -0.483 e. The normalized spacial score (nSPS) is 21.6. The molecule has 7 nitrogen and oxygen atoms in total. The first-order chi connectivity index (χ1) is 9.49. The van der Waals surface area contributed by atoms with E-state index in [1.165, 1.54) is 6.07 Å². The van der Waals surface area contributed by atoms with Gasteiger partial charge in [0.1, 0.15) is 6.61 Å². The van der Waals surface area contributed by atoms with Gasteiger partial charge in [-0.15, -0.1) is 0 Å². The van der Waals surface area contributed by atoms with E-state index < -0.39 is 17.0 Å². The number of aliphatic carboxylic acids is 1. The molecule has 0 aromatic heterocycles. The number of nitrogens with zero attached hydrogens (tertiary/aromatic N) is 1. The minimum atomic E-state index is -1.00. The highest BCUT2D eigenvalue weighted by atomic mass is 79.9. The van der Waals surface area contributed by atoms with Crippen molar-refractivity contribution in [1.82, 2.24) is 0 Å². The number of hydrogen-bond donors (Lipinski definition) is 1. The third-order valence-electron chi connectivity index (χ3n) is 2.94. The molecule has 2 atom stereocenters. The Morgan fingerprint density at radius 1 is 1.55 bits per heavy atom. The molecule has 20 heavy (non-hydrogen) atoms. The molecule has 1 N–H and O–H groups in total. The summed E-state index contributed by atoms with van der Waals surface area (Å²) in [5.74, 6) is -0.876. The zero-order valence-electron chi connectivity index (χ0n) is 10.3. The summed E-state index contributed by atoms with van der Waals surface area (Å²) >= 11 is 3.20. The van der Waals surface area contributed by atoms with Crippen LogP contribution in [0.25, 0.3) is 0 Å². The van der Waals surface area contributed by atoms with Crippen LogP contribution in [0.15, 0.2) is 22.7 Å². The number of nitro benzene ring substituents is 1. The average molecular weight is 346 g/mol. The van der Waals surface area contributed by atoms with E-state index in [4.69, 9.17) is 14.6 Å². The summed E-state index contributed by atoms with van der Waals surface area (Å²) in [7, 11) is 0. The molecule has 1 fully saturated rings. The molecule has 0 bridgehead atoms. The Balaban J connectivity index is 2.01. The fraction of sp³-hybridized carbons (Fsp3) is 0.417. The van der Waals surface area contributed by atoms with E-state index in [-0.39, 0.29) is 24.1 Å². The van der Waals surface area contributed by atoms with E-state index in [9.17, 15) is 14.9 Å². The summed E-state index contributed by atoms with van der Waals surface area (Å²) in [4.78, 5) is 21.1. The van der Waals surface area contributed by atoms with Crippen LogP contribution in [0.5, 0.6) is 5.75 Å². The summed E-state index contributed by atoms with van der Waals surface area (Å²) < 4.78 is 11.2. The summed E-state index contributed by atoms with van der Waals surface area (Å²) in [5.41, 5.74) is -0.146. The molecule has 1 aliphatic heterocycles. The van der Waals surface area contributed by atoms with Crippen molar-refractivity contribution in [3.8, 4) is 5.75 Å². The number of benzene rings is 1. The number of carboxylic acids is 1. The van der Waals surface area contributed by atoms with Crippen molar-refractivity contribution in [1.29, 1.82) is 0 Å². The lowest BCUT2D eigenvalue weighted by molar-refractivity contribution is -0.386. The molecule has 8 heteroatoms. The van der Waals surface area contributed by atoms with Crippen LogP contribution in [-0.4, -0.2) is 34.8 Å². The van der Waals surface area contributed by atoms with Gasteiger partial charge in [0.25, 0.3) is 0 Å².